The molecule has 2 heteroatoms. The number of rotatable bonds is 5. The molecule has 0 spiro atoms. The van der Waals surface area contributed by atoms with Crippen molar-refractivity contribution in [2.45, 2.75) is 39.5 Å². The second-order valence-corrected chi connectivity index (χ2v) is 3.01. The van der Waals surface area contributed by atoms with E-state index in [1.165, 1.54) is 18.6 Å². The summed E-state index contributed by atoms with van der Waals surface area (Å²) in [7, 11) is 3.96. The SMILES string of the molecule is CCCC(CCC)=NN(C)C. The molecule has 0 aromatic heterocycles. The Morgan fingerprint density at radius 1 is 1.09 bits per heavy atom. The number of hydrogen-bond acceptors (Lipinski definition) is 2. The van der Waals surface area contributed by atoms with Crippen molar-refractivity contribution in [1.29, 1.82) is 0 Å². The first-order chi connectivity index (χ1) is 5.20. The zero-order valence-electron chi connectivity index (χ0n) is 8.22. The summed E-state index contributed by atoms with van der Waals surface area (Å²) in [5.41, 5.74) is 1.33. The van der Waals surface area contributed by atoms with Gasteiger partial charge in [-0.25, -0.2) is 0 Å². The van der Waals surface area contributed by atoms with E-state index in [4.69, 9.17) is 0 Å². The third-order valence-electron chi connectivity index (χ3n) is 1.42. The summed E-state index contributed by atoms with van der Waals surface area (Å²) >= 11 is 0. The van der Waals surface area contributed by atoms with Crippen molar-refractivity contribution >= 4 is 5.71 Å². The molecule has 0 fully saturated rings. The molecule has 0 atom stereocenters. The molecule has 0 amide bonds. The van der Waals surface area contributed by atoms with Crippen LogP contribution in [0.5, 0.6) is 0 Å². The van der Waals surface area contributed by atoms with Crippen LogP contribution in [0.15, 0.2) is 5.10 Å². The monoisotopic (exact) mass is 156 g/mol. The van der Waals surface area contributed by atoms with Crippen LogP contribution in [0.4, 0.5) is 0 Å². The Labute approximate surface area is 70.3 Å². The fraction of sp³-hybridized carbons (Fsp3) is 0.889. The maximum absolute atomic E-state index is 4.41. The first-order valence-corrected chi connectivity index (χ1v) is 4.44. The summed E-state index contributed by atoms with van der Waals surface area (Å²) in [5.74, 6) is 0. The van der Waals surface area contributed by atoms with Gasteiger partial charge in [-0.05, 0) is 12.8 Å². The van der Waals surface area contributed by atoms with E-state index in [1.807, 2.05) is 19.1 Å². The second kappa shape index (κ2) is 6.20. The van der Waals surface area contributed by atoms with Crippen LogP contribution in [-0.2, 0) is 0 Å². The molecule has 0 saturated carbocycles. The van der Waals surface area contributed by atoms with Gasteiger partial charge in [0, 0.05) is 19.8 Å². The van der Waals surface area contributed by atoms with E-state index in [0.717, 1.165) is 12.8 Å². The van der Waals surface area contributed by atoms with Crippen LogP contribution < -0.4 is 0 Å². The highest BCUT2D eigenvalue weighted by molar-refractivity contribution is 5.84. The largest absolute Gasteiger partial charge is 0.303 e. The summed E-state index contributed by atoms with van der Waals surface area (Å²) in [4.78, 5) is 0. The lowest BCUT2D eigenvalue weighted by atomic mass is 10.1. The van der Waals surface area contributed by atoms with E-state index >= 15 is 0 Å². The van der Waals surface area contributed by atoms with Gasteiger partial charge in [0.1, 0.15) is 0 Å². The van der Waals surface area contributed by atoms with Gasteiger partial charge >= 0.3 is 0 Å². The maximum atomic E-state index is 4.41. The summed E-state index contributed by atoms with van der Waals surface area (Å²) < 4.78 is 0. The van der Waals surface area contributed by atoms with E-state index in [9.17, 15) is 0 Å². The molecule has 0 saturated heterocycles. The van der Waals surface area contributed by atoms with Crippen molar-refractivity contribution in [2.24, 2.45) is 5.10 Å². The maximum Gasteiger partial charge on any atom is 0.0380 e. The normalized spacial score (nSPS) is 9.45. The van der Waals surface area contributed by atoms with E-state index in [1.54, 1.807) is 0 Å². The third kappa shape index (κ3) is 5.89. The van der Waals surface area contributed by atoms with Gasteiger partial charge in [0.15, 0.2) is 0 Å². The van der Waals surface area contributed by atoms with Crippen LogP contribution in [0, 0.1) is 0 Å². The second-order valence-electron chi connectivity index (χ2n) is 3.01. The summed E-state index contributed by atoms with van der Waals surface area (Å²) in [6.45, 7) is 4.39. The lowest BCUT2D eigenvalue weighted by Crippen LogP contribution is -2.08. The van der Waals surface area contributed by atoms with Crippen molar-refractivity contribution in [1.82, 2.24) is 5.01 Å². The van der Waals surface area contributed by atoms with Gasteiger partial charge in [0.25, 0.3) is 0 Å². The molecule has 0 aliphatic rings. The quantitative estimate of drug-likeness (QED) is 0.441. The highest BCUT2D eigenvalue weighted by Gasteiger charge is 1.96. The molecule has 0 heterocycles. The molecular formula is C9H20N2. The third-order valence-corrected chi connectivity index (χ3v) is 1.42. The Kier molecular flexibility index (Phi) is 5.90. The minimum atomic E-state index is 1.14. The molecular weight excluding hydrogens is 136 g/mol. The molecule has 2 nitrogen and oxygen atoms in total. The van der Waals surface area contributed by atoms with Gasteiger partial charge in [0.2, 0.25) is 0 Å². The van der Waals surface area contributed by atoms with Gasteiger partial charge in [-0.3, -0.25) is 0 Å². The van der Waals surface area contributed by atoms with Crippen molar-refractivity contribution in [3.8, 4) is 0 Å². The molecule has 0 aromatic rings. The Hall–Kier alpha value is -0.530. The lowest BCUT2D eigenvalue weighted by molar-refractivity contribution is 0.434. The van der Waals surface area contributed by atoms with Gasteiger partial charge in [-0.1, -0.05) is 26.7 Å². The molecule has 0 N–H and O–H groups in total. The highest BCUT2D eigenvalue weighted by atomic mass is 15.4. The zero-order chi connectivity index (χ0) is 8.69. The molecule has 0 aliphatic heterocycles. The van der Waals surface area contributed by atoms with Gasteiger partial charge < -0.3 is 5.01 Å². The molecule has 0 aliphatic carbocycles. The fourth-order valence-corrected chi connectivity index (χ4v) is 1.09. The number of hydrazone groups is 1. The van der Waals surface area contributed by atoms with Crippen LogP contribution in [0.2, 0.25) is 0 Å². The summed E-state index contributed by atoms with van der Waals surface area (Å²) in [5, 5.41) is 6.30. The van der Waals surface area contributed by atoms with Gasteiger partial charge in [0.05, 0.1) is 0 Å². The predicted molar refractivity (Wildman–Crippen MR) is 50.9 cm³/mol. The molecule has 11 heavy (non-hydrogen) atoms. The average Bonchev–Trinajstić information content (AvgIpc) is 1.87. The minimum Gasteiger partial charge on any atom is -0.303 e. The number of hydrogen-bond donors (Lipinski definition) is 0. The standard InChI is InChI=1S/C9H20N2/c1-5-7-9(8-6-2)10-11(3)4/h5-8H2,1-4H3. The topological polar surface area (TPSA) is 15.6 Å². The lowest BCUT2D eigenvalue weighted by Gasteiger charge is -2.08. The first-order valence-electron chi connectivity index (χ1n) is 4.44. The number of nitrogens with zero attached hydrogens (tertiary/aromatic N) is 2. The smallest absolute Gasteiger partial charge is 0.0380 e. The predicted octanol–water partition coefficient (Wildman–Crippen LogP) is 2.50. The van der Waals surface area contributed by atoms with Gasteiger partial charge in [-0.15, -0.1) is 0 Å². The first kappa shape index (κ1) is 10.5. The van der Waals surface area contributed by atoms with E-state index in [-0.39, 0.29) is 0 Å². The van der Waals surface area contributed by atoms with Crippen molar-refractivity contribution in [3.63, 3.8) is 0 Å². The Morgan fingerprint density at radius 3 is 1.82 bits per heavy atom. The Balaban J connectivity index is 3.86. The highest BCUT2D eigenvalue weighted by Crippen LogP contribution is 2.01. The van der Waals surface area contributed by atoms with Crippen LogP contribution in [-0.4, -0.2) is 24.8 Å². The fourth-order valence-electron chi connectivity index (χ4n) is 1.09. The molecule has 66 valence electrons. The molecule has 0 rings (SSSR count). The van der Waals surface area contributed by atoms with Gasteiger partial charge in [-0.2, -0.15) is 5.10 Å². The molecule has 0 aromatic carbocycles. The minimum absolute atomic E-state index is 1.14. The van der Waals surface area contributed by atoms with Crippen molar-refractivity contribution in [2.75, 3.05) is 14.1 Å². The van der Waals surface area contributed by atoms with Crippen molar-refractivity contribution in [3.05, 3.63) is 0 Å². The molecule has 0 unspecified atom stereocenters. The summed E-state index contributed by atoms with van der Waals surface area (Å²) in [6, 6.07) is 0. The van der Waals surface area contributed by atoms with Crippen molar-refractivity contribution < 1.29 is 0 Å². The summed E-state index contributed by atoms with van der Waals surface area (Å²) in [6.07, 6.45) is 4.69. The molecule has 0 radical (unpaired) electrons. The Morgan fingerprint density at radius 2 is 1.55 bits per heavy atom. The van der Waals surface area contributed by atoms with E-state index in [2.05, 4.69) is 18.9 Å². The average molecular weight is 156 g/mol. The van der Waals surface area contributed by atoms with E-state index < -0.39 is 0 Å². The van der Waals surface area contributed by atoms with Crippen LogP contribution >= 0.6 is 0 Å². The zero-order valence-corrected chi connectivity index (χ0v) is 8.22. The molecule has 0 bridgehead atoms. The van der Waals surface area contributed by atoms with Crippen LogP contribution in [0.3, 0.4) is 0 Å². The van der Waals surface area contributed by atoms with E-state index in [0.29, 0.717) is 0 Å². The van der Waals surface area contributed by atoms with Crippen LogP contribution in [0.1, 0.15) is 39.5 Å². The Bertz CT molecular complexity index is 109. The van der Waals surface area contributed by atoms with Crippen LogP contribution in [0.25, 0.3) is 0 Å².